The van der Waals surface area contributed by atoms with Gasteiger partial charge in [-0.1, -0.05) is 6.07 Å². The number of nitrogens with zero attached hydrogens (tertiary/aromatic N) is 1. The molecule has 0 unspecified atom stereocenters. The van der Waals surface area contributed by atoms with Crippen LogP contribution in [0.2, 0.25) is 0 Å². The smallest absolute Gasteiger partial charge is 0.255 e. The van der Waals surface area contributed by atoms with E-state index in [1.54, 1.807) is 6.07 Å². The van der Waals surface area contributed by atoms with Crippen LogP contribution in [-0.2, 0) is 9.53 Å². The van der Waals surface area contributed by atoms with Gasteiger partial charge >= 0.3 is 0 Å². The third-order valence-electron chi connectivity index (χ3n) is 2.55. The van der Waals surface area contributed by atoms with Crippen molar-refractivity contribution in [3.63, 3.8) is 0 Å². The number of carbonyl (C=O) groups excluding carboxylic acids is 2. The van der Waals surface area contributed by atoms with Gasteiger partial charge in [-0.2, -0.15) is 0 Å². The van der Waals surface area contributed by atoms with Crippen LogP contribution in [-0.4, -0.2) is 43.5 Å². The maximum atomic E-state index is 12.4. The van der Waals surface area contributed by atoms with E-state index in [0.29, 0.717) is 23.2 Å². The third-order valence-corrected chi connectivity index (χ3v) is 3.21. The second-order valence-electron chi connectivity index (χ2n) is 4.17. The van der Waals surface area contributed by atoms with Crippen molar-refractivity contribution < 1.29 is 14.3 Å². The van der Waals surface area contributed by atoms with E-state index in [4.69, 9.17) is 10.5 Å². The van der Waals surface area contributed by atoms with E-state index < -0.39 is 5.91 Å². The van der Waals surface area contributed by atoms with Crippen molar-refractivity contribution in [1.29, 1.82) is 0 Å². The average molecular weight is 329 g/mol. The molecule has 1 rings (SSSR count). The number of amides is 2. The van der Waals surface area contributed by atoms with Gasteiger partial charge < -0.3 is 15.4 Å². The van der Waals surface area contributed by atoms with Crippen LogP contribution < -0.4 is 5.73 Å². The van der Waals surface area contributed by atoms with E-state index in [2.05, 4.69) is 15.9 Å². The van der Waals surface area contributed by atoms with E-state index >= 15 is 0 Å². The van der Waals surface area contributed by atoms with Crippen LogP contribution in [0.5, 0.6) is 0 Å². The predicted molar refractivity (Wildman–Crippen MR) is 75.9 cm³/mol. The van der Waals surface area contributed by atoms with Gasteiger partial charge in [0.15, 0.2) is 0 Å². The lowest BCUT2D eigenvalue weighted by molar-refractivity contribution is -0.118. The Morgan fingerprint density at radius 2 is 2.11 bits per heavy atom. The standard InChI is InChI=1S/C13H17BrN2O3/c1-9-3-4-10(11(14)7-9)13(18)16(5-6-19-2)8-12(15)17/h3-4,7H,5-6,8H2,1-2H3,(H2,15,17). The fraction of sp³-hybridized carbons (Fsp3) is 0.385. The minimum atomic E-state index is -0.548. The summed E-state index contributed by atoms with van der Waals surface area (Å²) in [6.45, 7) is 2.48. The summed E-state index contributed by atoms with van der Waals surface area (Å²) in [5.41, 5.74) is 6.70. The highest BCUT2D eigenvalue weighted by atomic mass is 79.9. The molecule has 0 radical (unpaired) electrons. The highest BCUT2D eigenvalue weighted by molar-refractivity contribution is 9.10. The molecule has 0 aliphatic carbocycles. The molecular formula is C13H17BrN2O3. The first kappa shape index (κ1) is 15.7. The summed E-state index contributed by atoms with van der Waals surface area (Å²) in [5.74, 6) is -0.796. The fourth-order valence-electron chi connectivity index (χ4n) is 1.61. The molecule has 1 aromatic carbocycles. The number of hydrogen-bond acceptors (Lipinski definition) is 3. The second kappa shape index (κ2) is 7.25. The van der Waals surface area contributed by atoms with Crippen LogP contribution in [0.1, 0.15) is 15.9 Å². The zero-order chi connectivity index (χ0) is 14.4. The molecule has 19 heavy (non-hydrogen) atoms. The molecule has 0 saturated heterocycles. The number of ether oxygens (including phenoxy) is 1. The molecule has 0 atom stereocenters. The fourth-order valence-corrected chi connectivity index (χ4v) is 2.27. The molecule has 2 amide bonds. The number of aryl methyl sites for hydroxylation is 1. The number of primary amides is 1. The molecule has 0 fully saturated rings. The van der Waals surface area contributed by atoms with Crippen LogP contribution in [0, 0.1) is 6.92 Å². The van der Waals surface area contributed by atoms with Crippen molar-refractivity contribution in [3.8, 4) is 0 Å². The third kappa shape index (κ3) is 4.65. The lowest BCUT2D eigenvalue weighted by Gasteiger charge is -2.21. The van der Waals surface area contributed by atoms with Gasteiger partial charge in [-0.05, 0) is 40.5 Å². The predicted octanol–water partition coefficient (Wildman–Crippen LogP) is 1.33. The normalized spacial score (nSPS) is 10.3. The highest BCUT2D eigenvalue weighted by Crippen LogP contribution is 2.20. The largest absolute Gasteiger partial charge is 0.383 e. The van der Waals surface area contributed by atoms with Crippen molar-refractivity contribution >= 4 is 27.7 Å². The van der Waals surface area contributed by atoms with Crippen molar-refractivity contribution in [1.82, 2.24) is 4.90 Å². The molecule has 0 aliphatic rings. The maximum Gasteiger partial charge on any atom is 0.255 e. The molecule has 6 heteroatoms. The zero-order valence-electron chi connectivity index (χ0n) is 11.0. The monoisotopic (exact) mass is 328 g/mol. The first-order valence-corrected chi connectivity index (χ1v) is 6.57. The molecule has 0 saturated carbocycles. The molecule has 5 nitrogen and oxygen atoms in total. The molecule has 1 aromatic rings. The maximum absolute atomic E-state index is 12.4. The van der Waals surface area contributed by atoms with Crippen LogP contribution in [0.3, 0.4) is 0 Å². The summed E-state index contributed by atoms with van der Waals surface area (Å²) in [6, 6.07) is 5.42. The van der Waals surface area contributed by atoms with E-state index in [0.717, 1.165) is 5.56 Å². The topological polar surface area (TPSA) is 72.6 Å². The van der Waals surface area contributed by atoms with Crippen molar-refractivity contribution in [2.24, 2.45) is 5.73 Å². The van der Waals surface area contributed by atoms with Crippen LogP contribution in [0.25, 0.3) is 0 Å². The number of carbonyl (C=O) groups is 2. The van der Waals surface area contributed by atoms with Crippen molar-refractivity contribution in [3.05, 3.63) is 33.8 Å². The number of nitrogens with two attached hydrogens (primary N) is 1. The Balaban J connectivity index is 2.93. The summed E-state index contributed by atoms with van der Waals surface area (Å²) in [7, 11) is 1.54. The molecule has 0 spiro atoms. The van der Waals surface area contributed by atoms with Crippen LogP contribution in [0.4, 0.5) is 0 Å². The second-order valence-corrected chi connectivity index (χ2v) is 5.02. The minimum Gasteiger partial charge on any atom is -0.383 e. The zero-order valence-corrected chi connectivity index (χ0v) is 12.6. The summed E-state index contributed by atoms with van der Waals surface area (Å²) >= 11 is 3.36. The lowest BCUT2D eigenvalue weighted by atomic mass is 10.1. The van der Waals surface area contributed by atoms with Gasteiger partial charge in [0.2, 0.25) is 5.91 Å². The van der Waals surface area contributed by atoms with Gasteiger partial charge in [0.25, 0.3) is 5.91 Å². The highest BCUT2D eigenvalue weighted by Gasteiger charge is 2.19. The van der Waals surface area contributed by atoms with Crippen LogP contribution >= 0.6 is 15.9 Å². The molecule has 0 heterocycles. The number of halogens is 1. The van der Waals surface area contributed by atoms with Crippen molar-refractivity contribution in [2.45, 2.75) is 6.92 Å². The number of benzene rings is 1. The van der Waals surface area contributed by atoms with Gasteiger partial charge in [-0.25, -0.2) is 0 Å². The Hall–Kier alpha value is -1.40. The Kier molecular flexibility index (Phi) is 5.98. The molecule has 0 aromatic heterocycles. The summed E-state index contributed by atoms with van der Waals surface area (Å²) < 4.78 is 5.63. The van der Waals surface area contributed by atoms with E-state index in [9.17, 15) is 9.59 Å². The van der Waals surface area contributed by atoms with Gasteiger partial charge in [-0.15, -0.1) is 0 Å². The average Bonchev–Trinajstić information content (AvgIpc) is 2.33. The quantitative estimate of drug-likeness (QED) is 0.856. The van der Waals surface area contributed by atoms with Gasteiger partial charge in [-0.3, -0.25) is 9.59 Å². The Morgan fingerprint density at radius 1 is 1.42 bits per heavy atom. The van der Waals surface area contributed by atoms with Gasteiger partial charge in [0.1, 0.15) is 0 Å². The summed E-state index contributed by atoms with van der Waals surface area (Å²) in [4.78, 5) is 24.8. The SMILES string of the molecule is COCCN(CC(N)=O)C(=O)c1ccc(C)cc1Br. The first-order valence-electron chi connectivity index (χ1n) is 5.78. The Morgan fingerprint density at radius 3 is 2.63 bits per heavy atom. The molecule has 104 valence electrons. The first-order chi connectivity index (χ1) is 8.95. The van der Waals surface area contributed by atoms with Crippen molar-refractivity contribution in [2.75, 3.05) is 26.8 Å². The molecular weight excluding hydrogens is 312 g/mol. The molecule has 0 bridgehead atoms. The number of rotatable bonds is 6. The minimum absolute atomic E-state index is 0.123. The van der Waals surface area contributed by atoms with E-state index in [1.807, 2.05) is 19.1 Å². The number of methoxy groups -OCH3 is 1. The summed E-state index contributed by atoms with van der Waals surface area (Å²) in [5, 5.41) is 0. The molecule has 0 aliphatic heterocycles. The summed E-state index contributed by atoms with van der Waals surface area (Å²) in [6.07, 6.45) is 0. The van der Waals surface area contributed by atoms with Gasteiger partial charge in [0, 0.05) is 18.1 Å². The van der Waals surface area contributed by atoms with Crippen LogP contribution in [0.15, 0.2) is 22.7 Å². The molecule has 2 N–H and O–H groups in total. The lowest BCUT2D eigenvalue weighted by Crippen LogP contribution is -2.40. The Labute approximate surface area is 120 Å². The van der Waals surface area contributed by atoms with E-state index in [-0.39, 0.29) is 12.5 Å². The van der Waals surface area contributed by atoms with E-state index in [1.165, 1.54) is 12.0 Å². The Bertz CT molecular complexity index is 477. The van der Waals surface area contributed by atoms with Gasteiger partial charge in [0.05, 0.1) is 18.7 Å². The number of hydrogen-bond donors (Lipinski definition) is 1.